The summed E-state index contributed by atoms with van der Waals surface area (Å²) in [6, 6.07) is 8.21. The summed E-state index contributed by atoms with van der Waals surface area (Å²) in [6.07, 6.45) is 2.58. The van der Waals surface area contributed by atoms with Crippen LogP contribution in [0.4, 0.5) is 5.13 Å². The molecule has 1 aromatic carbocycles. The van der Waals surface area contributed by atoms with Crippen molar-refractivity contribution in [2.45, 2.75) is 33.1 Å². The fraction of sp³-hybridized carbons (Fsp3) is 0.438. The maximum atomic E-state index is 12.1. The second-order valence-corrected chi connectivity index (χ2v) is 8.98. The van der Waals surface area contributed by atoms with Gasteiger partial charge in [-0.2, -0.15) is 0 Å². The van der Waals surface area contributed by atoms with Gasteiger partial charge in [0.2, 0.25) is 10.0 Å². The molecule has 0 spiro atoms. The maximum absolute atomic E-state index is 12.1. The zero-order valence-corrected chi connectivity index (χ0v) is 14.4. The number of hydrogen-bond acceptors (Lipinski definition) is 4. The van der Waals surface area contributed by atoms with Crippen molar-refractivity contribution in [2.75, 3.05) is 10.5 Å². The first kappa shape index (κ1) is 15.5. The average molecular weight is 336 g/mol. The highest BCUT2D eigenvalue weighted by Gasteiger charge is 2.22. The zero-order chi connectivity index (χ0) is 15.7. The van der Waals surface area contributed by atoms with Crippen molar-refractivity contribution in [2.24, 2.45) is 5.92 Å². The summed E-state index contributed by atoms with van der Waals surface area (Å²) in [5.41, 5.74) is 3.36. The molecule has 0 fully saturated rings. The Bertz CT molecular complexity index is 779. The number of fused-ring (bicyclic) bond motifs is 3. The second kappa shape index (κ2) is 6.01. The topological polar surface area (TPSA) is 59.1 Å². The second-order valence-electron chi connectivity index (χ2n) is 6.05. The van der Waals surface area contributed by atoms with Gasteiger partial charge < -0.3 is 0 Å². The number of hydrogen-bond donors (Lipinski definition) is 1. The highest BCUT2D eigenvalue weighted by molar-refractivity contribution is 7.92. The minimum atomic E-state index is -3.31. The van der Waals surface area contributed by atoms with Gasteiger partial charge in [0.1, 0.15) is 0 Å². The molecule has 0 atom stereocenters. The van der Waals surface area contributed by atoms with Crippen LogP contribution in [0, 0.1) is 5.92 Å². The van der Waals surface area contributed by atoms with Gasteiger partial charge in [-0.05, 0) is 30.7 Å². The minimum Gasteiger partial charge on any atom is -0.259 e. The molecule has 1 aromatic heterocycles. The number of benzene rings is 1. The number of nitrogens with one attached hydrogen (secondary N) is 1. The minimum absolute atomic E-state index is 0.144. The van der Waals surface area contributed by atoms with E-state index in [2.05, 4.69) is 21.8 Å². The zero-order valence-electron chi connectivity index (χ0n) is 12.8. The Morgan fingerprint density at radius 2 is 2.05 bits per heavy atom. The van der Waals surface area contributed by atoms with Crippen molar-refractivity contribution >= 4 is 26.5 Å². The van der Waals surface area contributed by atoms with E-state index in [0.29, 0.717) is 17.5 Å². The van der Waals surface area contributed by atoms with E-state index in [1.54, 1.807) is 0 Å². The molecule has 0 unspecified atom stereocenters. The van der Waals surface area contributed by atoms with Crippen molar-refractivity contribution in [3.05, 3.63) is 34.7 Å². The summed E-state index contributed by atoms with van der Waals surface area (Å²) < 4.78 is 26.9. The molecule has 0 saturated heterocycles. The van der Waals surface area contributed by atoms with E-state index in [1.807, 2.05) is 26.0 Å². The third-order valence-electron chi connectivity index (χ3n) is 3.80. The summed E-state index contributed by atoms with van der Waals surface area (Å²) >= 11 is 1.46. The van der Waals surface area contributed by atoms with Gasteiger partial charge in [-0.1, -0.05) is 38.1 Å². The maximum Gasteiger partial charge on any atom is 0.234 e. The molecule has 118 valence electrons. The summed E-state index contributed by atoms with van der Waals surface area (Å²) in [7, 11) is -3.31. The normalized spacial score (nSPS) is 13.8. The van der Waals surface area contributed by atoms with Gasteiger partial charge in [-0.25, -0.2) is 13.4 Å². The van der Waals surface area contributed by atoms with Crippen LogP contribution in [0.5, 0.6) is 0 Å². The van der Waals surface area contributed by atoms with E-state index in [0.717, 1.165) is 24.1 Å². The first-order valence-corrected chi connectivity index (χ1v) is 10.00. The SMILES string of the molecule is CC(C)CCS(=O)(=O)Nc1nc2c(s1)CCc1ccccc1-2. The van der Waals surface area contributed by atoms with Gasteiger partial charge in [-0.15, -0.1) is 11.3 Å². The lowest BCUT2D eigenvalue weighted by molar-refractivity contribution is 0.578. The standard InChI is InChI=1S/C16H20N2O2S2/c1-11(2)9-10-22(19,20)18-16-17-15-13-6-4-3-5-12(13)7-8-14(15)21-16/h3-6,11H,7-10H2,1-2H3,(H,17,18). The van der Waals surface area contributed by atoms with E-state index >= 15 is 0 Å². The van der Waals surface area contributed by atoms with Crippen LogP contribution >= 0.6 is 11.3 Å². The van der Waals surface area contributed by atoms with E-state index in [9.17, 15) is 8.42 Å². The van der Waals surface area contributed by atoms with Gasteiger partial charge in [0, 0.05) is 10.4 Å². The molecule has 1 aliphatic carbocycles. The molecule has 22 heavy (non-hydrogen) atoms. The number of anilines is 1. The quantitative estimate of drug-likeness (QED) is 0.906. The predicted molar refractivity (Wildman–Crippen MR) is 91.8 cm³/mol. The van der Waals surface area contributed by atoms with Crippen molar-refractivity contribution in [1.29, 1.82) is 0 Å². The highest BCUT2D eigenvalue weighted by Crippen LogP contribution is 2.38. The van der Waals surface area contributed by atoms with Crippen LogP contribution in [0.15, 0.2) is 24.3 Å². The van der Waals surface area contributed by atoms with E-state index in [-0.39, 0.29) is 5.75 Å². The van der Waals surface area contributed by atoms with Gasteiger partial charge in [-0.3, -0.25) is 4.72 Å². The lowest BCUT2D eigenvalue weighted by atomic mass is 9.94. The summed E-state index contributed by atoms with van der Waals surface area (Å²) in [4.78, 5) is 5.70. The van der Waals surface area contributed by atoms with E-state index in [4.69, 9.17) is 0 Å². The van der Waals surface area contributed by atoms with E-state index < -0.39 is 10.0 Å². The number of nitrogens with zero attached hydrogens (tertiary/aromatic N) is 1. The van der Waals surface area contributed by atoms with Crippen molar-refractivity contribution in [3.8, 4) is 11.3 Å². The largest absolute Gasteiger partial charge is 0.259 e. The highest BCUT2D eigenvalue weighted by atomic mass is 32.2. The Kier molecular flexibility index (Phi) is 4.23. The third-order valence-corrected chi connectivity index (χ3v) is 6.24. The smallest absolute Gasteiger partial charge is 0.234 e. The molecular formula is C16H20N2O2S2. The Hall–Kier alpha value is -1.40. The fourth-order valence-electron chi connectivity index (χ4n) is 2.57. The molecule has 0 saturated carbocycles. The molecule has 0 amide bonds. The molecule has 0 bridgehead atoms. The first-order chi connectivity index (χ1) is 10.4. The first-order valence-electron chi connectivity index (χ1n) is 7.53. The molecule has 2 aromatic rings. The Morgan fingerprint density at radius 3 is 2.82 bits per heavy atom. The summed E-state index contributed by atoms with van der Waals surface area (Å²) in [5.74, 6) is 0.513. The molecule has 6 heteroatoms. The Labute approximate surface area is 135 Å². The summed E-state index contributed by atoms with van der Waals surface area (Å²) in [5, 5.41) is 0.491. The Balaban J connectivity index is 1.83. The average Bonchev–Trinajstić information content (AvgIpc) is 2.87. The van der Waals surface area contributed by atoms with Crippen LogP contribution < -0.4 is 4.72 Å². The van der Waals surface area contributed by atoms with Gasteiger partial charge >= 0.3 is 0 Å². The molecule has 1 aliphatic rings. The number of sulfonamides is 1. The van der Waals surface area contributed by atoms with Crippen molar-refractivity contribution in [3.63, 3.8) is 0 Å². The monoisotopic (exact) mass is 336 g/mol. The predicted octanol–water partition coefficient (Wildman–Crippen LogP) is 3.70. The van der Waals surface area contributed by atoms with E-state index in [1.165, 1.54) is 21.8 Å². The molecule has 1 heterocycles. The number of thiazole rings is 1. The van der Waals surface area contributed by atoms with Crippen LogP contribution in [0.25, 0.3) is 11.3 Å². The van der Waals surface area contributed by atoms with Gasteiger partial charge in [0.05, 0.1) is 11.4 Å². The van der Waals surface area contributed by atoms with Gasteiger partial charge in [0.15, 0.2) is 5.13 Å². The molecule has 4 nitrogen and oxygen atoms in total. The van der Waals surface area contributed by atoms with Crippen LogP contribution in [0.2, 0.25) is 0 Å². The molecule has 0 aliphatic heterocycles. The number of aromatic nitrogens is 1. The number of rotatable bonds is 5. The molecular weight excluding hydrogens is 316 g/mol. The third kappa shape index (κ3) is 3.33. The van der Waals surface area contributed by atoms with Crippen LogP contribution in [-0.2, 0) is 22.9 Å². The lowest BCUT2D eigenvalue weighted by Gasteiger charge is -2.13. The van der Waals surface area contributed by atoms with Gasteiger partial charge in [0.25, 0.3) is 0 Å². The van der Waals surface area contributed by atoms with Crippen molar-refractivity contribution < 1.29 is 8.42 Å². The fourth-order valence-corrected chi connectivity index (χ4v) is 5.14. The van der Waals surface area contributed by atoms with Crippen molar-refractivity contribution in [1.82, 2.24) is 4.98 Å². The van der Waals surface area contributed by atoms with Crippen LogP contribution in [0.3, 0.4) is 0 Å². The van der Waals surface area contributed by atoms with Crippen LogP contribution in [0.1, 0.15) is 30.7 Å². The molecule has 1 N–H and O–H groups in total. The Morgan fingerprint density at radius 1 is 1.27 bits per heavy atom. The summed E-state index contributed by atoms with van der Waals surface area (Å²) in [6.45, 7) is 4.04. The number of aryl methyl sites for hydroxylation is 2. The molecule has 0 radical (unpaired) electrons. The van der Waals surface area contributed by atoms with Crippen LogP contribution in [-0.4, -0.2) is 19.2 Å². The molecule has 3 rings (SSSR count). The lowest BCUT2D eigenvalue weighted by Crippen LogP contribution is -2.17.